The van der Waals surface area contributed by atoms with Gasteiger partial charge in [-0.2, -0.15) is 0 Å². The third-order valence-corrected chi connectivity index (χ3v) is 2.83. The van der Waals surface area contributed by atoms with Crippen molar-refractivity contribution in [2.45, 2.75) is 13.5 Å². The molecule has 0 radical (unpaired) electrons. The number of hydrogen-bond acceptors (Lipinski definition) is 2. The van der Waals surface area contributed by atoms with Crippen molar-refractivity contribution in [1.82, 2.24) is 4.98 Å². The molecule has 0 saturated carbocycles. The Kier molecular flexibility index (Phi) is 3.85. The number of pyridine rings is 1. The Labute approximate surface area is 112 Å². The minimum atomic E-state index is -0.710. The van der Waals surface area contributed by atoms with Crippen LogP contribution in [0.15, 0.2) is 29.1 Å². The van der Waals surface area contributed by atoms with Crippen LogP contribution in [0.25, 0.3) is 0 Å². The van der Waals surface area contributed by atoms with Gasteiger partial charge in [-0.3, -0.25) is 4.79 Å². The molecule has 0 aliphatic heterocycles. The molecule has 0 bridgehead atoms. The quantitative estimate of drug-likeness (QED) is 0.941. The summed E-state index contributed by atoms with van der Waals surface area (Å²) in [5.74, 6) is -1.21. The smallest absolute Gasteiger partial charge is 0.270 e. The summed E-state index contributed by atoms with van der Waals surface area (Å²) < 4.78 is 31.4. The van der Waals surface area contributed by atoms with E-state index in [0.717, 1.165) is 12.1 Å². The van der Waals surface area contributed by atoms with Gasteiger partial charge in [0.15, 0.2) is 0 Å². The molecule has 0 aliphatic carbocycles. The lowest BCUT2D eigenvalue weighted by Crippen LogP contribution is -2.10. The largest absolute Gasteiger partial charge is 0.487 e. The number of hydrogen-bond donors (Lipinski definition) is 1. The number of aromatic nitrogens is 1. The predicted octanol–water partition coefficient (Wildman–Crippen LogP) is 3.19. The average molecular weight is 286 g/mol. The molecule has 3 nitrogen and oxygen atoms in total. The van der Waals surface area contributed by atoms with Gasteiger partial charge in [0.05, 0.1) is 0 Å². The van der Waals surface area contributed by atoms with Crippen molar-refractivity contribution < 1.29 is 13.5 Å². The number of H-pyrrole nitrogens is 1. The van der Waals surface area contributed by atoms with Crippen molar-refractivity contribution in [2.24, 2.45) is 0 Å². The Balaban J connectivity index is 2.21. The molecule has 0 atom stereocenters. The third-order valence-electron chi connectivity index (χ3n) is 2.47. The van der Waals surface area contributed by atoms with Crippen LogP contribution in [-0.4, -0.2) is 4.98 Å². The summed E-state index contributed by atoms with van der Waals surface area (Å²) >= 11 is 5.77. The van der Waals surface area contributed by atoms with Crippen molar-refractivity contribution in [1.29, 1.82) is 0 Å². The number of aryl methyl sites for hydroxylation is 1. The van der Waals surface area contributed by atoms with E-state index in [1.54, 1.807) is 6.92 Å². The summed E-state index contributed by atoms with van der Waals surface area (Å²) in [7, 11) is 0. The first-order valence-corrected chi connectivity index (χ1v) is 5.81. The number of aromatic amines is 1. The summed E-state index contributed by atoms with van der Waals surface area (Å²) in [5, 5.41) is -0.104. The third kappa shape index (κ3) is 3.12. The number of nitrogens with one attached hydrogen (secondary N) is 1. The van der Waals surface area contributed by atoms with Gasteiger partial charge in [0.2, 0.25) is 0 Å². The van der Waals surface area contributed by atoms with Crippen LogP contribution in [0.3, 0.4) is 0 Å². The first-order valence-electron chi connectivity index (χ1n) is 5.43. The molecule has 100 valence electrons. The topological polar surface area (TPSA) is 42.1 Å². The zero-order chi connectivity index (χ0) is 14.0. The second kappa shape index (κ2) is 5.40. The van der Waals surface area contributed by atoms with E-state index in [1.807, 2.05) is 0 Å². The molecule has 0 unspecified atom stereocenters. The number of rotatable bonds is 3. The summed E-state index contributed by atoms with van der Waals surface area (Å²) in [6.07, 6.45) is 0. The Morgan fingerprint density at radius 1 is 1.32 bits per heavy atom. The molecule has 1 N–H and O–H groups in total. The van der Waals surface area contributed by atoms with Crippen LogP contribution < -0.4 is 10.3 Å². The molecule has 0 fully saturated rings. The maximum Gasteiger partial charge on any atom is 0.270 e. The Morgan fingerprint density at radius 2 is 2.05 bits per heavy atom. The van der Waals surface area contributed by atoms with E-state index in [0.29, 0.717) is 5.69 Å². The maximum atomic E-state index is 13.4. The zero-order valence-electron chi connectivity index (χ0n) is 9.97. The van der Waals surface area contributed by atoms with Crippen molar-refractivity contribution in [2.75, 3.05) is 0 Å². The molecule has 2 rings (SSSR count). The molecule has 19 heavy (non-hydrogen) atoms. The Morgan fingerprint density at radius 3 is 2.74 bits per heavy atom. The predicted molar refractivity (Wildman–Crippen MR) is 67.5 cm³/mol. The molecule has 2 aromatic rings. The fourth-order valence-electron chi connectivity index (χ4n) is 1.54. The highest BCUT2D eigenvalue weighted by atomic mass is 35.5. The van der Waals surface area contributed by atoms with Crippen molar-refractivity contribution in [3.05, 3.63) is 62.5 Å². The van der Waals surface area contributed by atoms with Crippen molar-refractivity contribution in [3.63, 3.8) is 0 Å². The standard InChI is InChI=1S/C13H10ClF2NO2/c1-7-4-11(12(14)13(18)17-7)19-6-8-2-3-9(15)5-10(8)16/h2-5H,6H2,1H3,(H,17,18). The van der Waals surface area contributed by atoms with Crippen LogP contribution in [0.4, 0.5) is 8.78 Å². The van der Waals surface area contributed by atoms with Gasteiger partial charge in [-0.1, -0.05) is 11.6 Å². The second-order valence-electron chi connectivity index (χ2n) is 3.98. The summed E-state index contributed by atoms with van der Waals surface area (Å²) in [5.41, 5.74) is 0.274. The van der Waals surface area contributed by atoms with Gasteiger partial charge in [0, 0.05) is 23.4 Å². The normalized spacial score (nSPS) is 10.5. The van der Waals surface area contributed by atoms with Crippen LogP contribution in [-0.2, 0) is 6.61 Å². The Hall–Kier alpha value is -1.88. The highest BCUT2D eigenvalue weighted by molar-refractivity contribution is 6.31. The van der Waals surface area contributed by atoms with E-state index in [9.17, 15) is 13.6 Å². The minimum Gasteiger partial charge on any atom is -0.487 e. The molecular weight excluding hydrogens is 276 g/mol. The average Bonchev–Trinajstić information content (AvgIpc) is 2.33. The van der Waals surface area contributed by atoms with Crippen molar-refractivity contribution >= 4 is 11.6 Å². The highest BCUT2D eigenvalue weighted by Gasteiger charge is 2.09. The molecular formula is C13H10ClF2NO2. The van der Waals surface area contributed by atoms with Gasteiger partial charge in [-0.25, -0.2) is 8.78 Å². The lowest BCUT2D eigenvalue weighted by molar-refractivity contribution is 0.298. The molecule has 1 aromatic heterocycles. The van der Waals surface area contributed by atoms with E-state index in [-0.39, 0.29) is 22.9 Å². The van der Waals surface area contributed by atoms with Crippen molar-refractivity contribution in [3.8, 4) is 5.75 Å². The number of benzene rings is 1. The molecule has 6 heteroatoms. The number of halogens is 3. The van der Waals surface area contributed by atoms with Gasteiger partial charge < -0.3 is 9.72 Å². The summed E-state index contributed by atoms with van der Waals surface area (Å²) in [6.45, 7) is 1.53. The van der Waals surface area contributed by atoms with Gasteiger partial charge in [-0.05, 0) is 19.1 Å². The lowest BCUT2D eigenvalue weighted by atomic mass is 10.2. The van der Waals surface area contributed by atoms with Gasteiger partial charge in [0.1, 0.15) is 29.0 Å². The summed E-state index contributed by atoms with van der Waals surface area (Å²) in [6, 6.07) is 4.71. The van der Waals surface area contributed by atoms with E-state index in [4.69, 9.17) is 16.3 Å². The van der Waals surface area contributed by atoms with E-state index in [2.05, 4.69) is 4.98 Å². The fraction of sp³-hybridized carbons (Fsp3) is 0.154. The second-order valence-corrected chi connectivity index (χ2v) is 4.36. The van der Waals surface area contributed by atoms with Gasteiger partial charge in [-0.15, -0.1) is 0 Å². The van der Waals surface area contributed by atoms with Crippen LogP contribution >= 0.6 is 11.6 Å². The van der Waals surface area contributed by atoms with E-state index < -0.39 is 17.2 Å². The summed E-state index contributed by atoms with van der Waals surface area (Å²) in [4.78, 5) is 13.9. The molecule has 0 aliphatic rings. The first-order chi connectivity index (χ1) is 8.97. The number of ether oxygens (including phenoxy) is 1. The zero-order valence-corrected chi connectivity index (χ0v) is 10.7. The minimum absolute atomic E-state index is 0.104. The highest BCUT2D eigenvalue weighted by Crippen LogP contribution is 2.22. The monoisotopic (exact) mass is 285 g/mol. The van der Waals surface area contributed by atoms with E-state index in [1.165, 1.54) is 12.1 Å². The van der Waals surface area contributed by atoms with Crippen LogP contribution in [0.2, 0.25) is 5.02 Å². The first kappa shape index (κ1) is 13.5. The van der Waals surface area contributed by atoms with Crippen LogP contribution in [0, 0.1) is 18.6 Å². The van der Waals surface area contributed by atoms with Crippen LogP contribution in [0.1, 0.15) is 11.3 Å². The lowest BCUT2D eigenvalue weighted by Gasteiger charge is -2.09. The molecule has 0 spiro atoms. The Bertz CT molecular complexity index is 670. The van der Waals surface area contributed by atoms with Crippen LogP contribution in [0.5, 0.6) is 5.75 Å². The molecule has 1 heterocycles. The molecule has 1 aromatic carbocycles. The van der Waals surface area contributed by atoms with Gasteiger partial charge >= 0.3 is 0 Å². The molecule has 0 amide bonds. The SMILES string of the molecule is Cc1cc(OCc2ccc(F)cc2F)c(Cl)c(=O)[nH]1. The fourth-order valence-corrected chi connectivity index (χ4v) is 1.70. The van der Waals surface area contributed by atoms with Gasteiger partial charge in [0.25, 0.3) is 5.56 Å². The maximum absolute atomic E-state index is 13.4. The molecule has 0 saturated heterocycles. The van der Waals surface area contributed by atoms with E-state index >= 15 is 0 Å².